The summed E-state index contributed by atoms with van der Waals surface area (Å²) in [4.78, 5) is 4.14. The number of pyridine rings is 1. The molecule has 1 N–H and O–H groups in total. The molecule has 2 rings (SSSR count). The maximum atomic E-state index is 4.14. The predicted molar refractivity (Wildman–Crippen MR) is 62.4 cm³/mol. The minimum absolute atomic E-state index is 0.640. The molecule has 1 aromatic rings. The highest BCUT2D eigenvalue weighted by molar-refractivity contribution is 9.10. The second-order valence-electron chi connectivity index (χ2n) is 4.15. The van der Waals surface area contributed by atoms with E-state index in [1.54, 1.807) is 0 Å². The third kappa shape index (κ3) is 2.47. The summed E-state index contributed by atoms with van der Waals surface area (Å²) in [6.45, 7) is 2.32. The normalized spacial score (nSPS) is 26.4. The topological polar surface area (TPSA) is 24.9 Å². The van der Waals surface area contributed by atoms with Crippen LogP contribution in [0.2, 0.25) is 0 Å². The molecule has 1 fully saturated rings. The Kier molecular flexibility index (Phi) is 3.06. The molecule has 14 heavy (non-hydrogen) atoms. The van der Waals surface area contributed by atoms with Gasteiger partial charge in [0, 0.05) is 16.7 Å². The average Bonchev–Trinajstić information content (AvgIpc) is 2.51. The van der Waals surface area contributed by atoms with Gasteiger partial charge in [0.15, 0.2) is 0 Å². The van der Waals surface area contributed by atoms with Crippen molar-refractivity contribution in [3.63, 3.8) is 0 Å². The number of aromatic nitrogens is 1. The van der Waals surface area contributed by atoms with E-state index in [1.807, 2.05) is 12.4 Å². The van der Waals surface area contributed by atoms with Gasteiger partial charge in [-0.15, -0.1) is 0 Å². The van der Waals surface area contributed by atoms with Crippen molar-refractivity contribution in [1.29, 1.82) is 0 Å². The van der Waals surface area contributed by atoms with Gasteiger partial charge in [0.25, 0.3) is 0 Å². The van der Waals surface area contributed by atoms with E-state index in [0.717, 1.165) is 16.1 Å². The van der Waals surface area contributed by atoms with Gasteiger partial charge in [-0.25, -0.2) is 0 Å². The Morgan fingerprint density at radius 2 is 2.29 bits per heavy atom. The zero-order valence-electron chi connectivity index (χ0n) is 8.33. The van der Waals surface area contributed by atoms with E-state index in [-0.39, 0.29) is 0 Å². The van der Waals surface area contributed by atoms with Crippen molar-refractivity contribution >= 4 is 21.6 Å². The Hall–Kier alpha value is -0.570. The Labute approximate surface area is 93.3 Å². The summed E-state index contributed by atoms with van der Waals surface area (Å²) < 4.78 is 1.04. The van der Waals surface area contributed by atoms with Crippen molar-refractivity contribution < 1.29 is 0 Å². The summed E-state index contributed by atoms with van der Waals surface area (Å²) in [7, 11) is 0. The number of hydrogen-bond acceptors (Lipinski definition) is 2. The lowest BCUT2D eigenvalue weighted by molar-refractivity contribution is 0.602. The van der Waals surface area contributed by atoms with Crippen molar-refractivity contribution in [2.45, 2.75) is 32.2 Å². The minimum Gasteiger partial charge on any atom is -0.381 e. The molecule has 3 heteroatoms. The standard InChI is InChI=1S/C11H15BrN2/c1-8-2-3-10(4-8)14-11-5-9(12)6-13-7-11/h5-8,10,14H,2-4H2,1H3. The summed E-state index contributed by atoms with van der Waals surface area (Å²) in [5.74, 6) is 0.868. The minimum atomic E-state index is 0.640. The zero-order chi connectivity index (χ0) is 9.97. The maximum Gasteiger partial charge on any atom is 0.0540 e. The van der Waals surface area contributed by atoms with Gasteiger partial charge in [-0.1, -0.05) is 6.92 Å². The second kappa shape index (κ2) is 4.30. The highest BCUT2D eigenvalue weighted by atomic mass is 79.9. The highest BCUT2D eigenvalue weighted by Crippen LogP contribution is 2.27. The molecule has 2 nitrogen and oxygen atoms in total. The van der Waals surface area contributed by atoms with Crippen LogP contribution in [-0.4, -0.2) is 11.0 Å². The summed E-state index contributed by atoms with van der Waals surface area (Å²) >= 11 is 3.42. The number of anilines is 1. The summed E-state index contributed by atoms with van der Waals surface area (Å²) in [5.41, 5.74) is 1.12. The largest absolute Gasteiger partial charge is 0.381 e. The van der Waals surface area contributed by atoms with E-state index >= 15 is 0 Å². The van der Waals surface area contributed by atoms with Crippen LogP contribution < -0.4 is 5.32 Å². The van der Waals surface area contributed by atoms with Crippen molar-refractivity contribution in [3.05, 3.63) is 22.9 Å². The maximum absolute atomic E-state index is 4.14. The number of rotatable bonds is 2. The predicted octanol–water partition coefficient (Wildman–Crippen LogP) is 3.44. The second-order valence-corrected chi connectivity index (χ2v) is 5.07. The van der Waals surface area contributed by atoms with E-state index in [9.17, 15) is 0 Å². The molecule has 1 aliphatic carbocycles. The average molecular weight is 255 g/mol. The van der Waals surface area contributed by atoms with Crippen LogP contribution in [0.25, 0.3) is 0 Å². The van der Waals surface area contributed by atoms with Crippen molar-refractivity contribution in [1.82, 2.24) is 4.98 Å². The Balaban J connectivity index is 1.97. The monoisotopic (exact) mass is 254 g/mol. The van der Waals surface area contributed by atoms with Crippen LogP contribution in [0.15, 0.2) is 22.9 Å². The van der Waals surface area contributed by atoms with Gasteiger partial charge in [0.2, 0.25) is 0 Å². The van der Waals surface area contributed by atoms with Gasteiger partial charge in [-0.2, -0.15) is 0 Å². The first-order valence-electron chi connectivity index (χ1n) is 5.11. The summed E-state index contributed by atoms with van der Waals surface area (Å²) in [5, 5.41) is 3.52. The number of nitrogens with zero attached hydrogens (tertiary/aromatic N) is 1. The molecule has 0 aliphatic heterocycles. The quantitative estimate of drug-likeness (QED) is 0.875. The molecule has 0 radical (unpaired) electrons. The van der Waals surface area contributed by atoms with Crippen LogP contribution in [0.3, 0.4) is 0 Å². The first kappa shape index (κ1) is 9.97. The highest BCUT2D eigenvalue weighted by Gasteiger charge is 2.20. The smallest absolute Gasteiger partial charge is 0.0540 e. The molecule has 0 aromatic carbocycles. The number of nitrogens with one attached hydrogen (secondary N) is 1. The SMILES string of the molecule is CC1CCC(Nc2cncc(Br)c2)C1. The van der Waals surface area contributed by atoms with Crippen LogP contribution >= 0.6 is 15.9 Å². The fourth-order valence-corrected chi connectivity index (χ4v) is 2.43. The molecule has 0 bridgehead atoms. The van der Waals surface area contributed by atoms with Gasteiger partial charge in [0.1, 0.15) is 0 Å². The molecule has 1 aromatic heterocycles. The van der Waals surface area contributed by atoms with E-state index < -0.39 is 0 Å². The number of halogens is 1. The first-order chi connectivity index (χ1) is 6.74. The van der Waals surface area contributed by atoms with Crippen molar-refractivity contribution in [2.75, 3.05) is 5.32 Å². The van der Waals surface area contributed by atoms with Crippen LogP contribution in [-0.2, 0) is 0 Å². The molecule has 1 heterocycles. The molecule has 2 atom stereocenters. The molecular weight excluding hydrogens is 240 g/mol. The lowest BCUT2D eigenvalue weighted by atomic mass is 10.1. The fourth-order valence-electron chi connectivity index (χ4n) is 2.06. The molecule has 2 unspecified atom stereocenters. The van der Waals surface area contributed by atoms with E-state index in [2.05, 4.69) is 39.2 Å². The Morgan fingerprint density at radius 1 is 1.43 bits per heavy atom. The van der Waals surface area contributed by atoms with Crippen LogP contribution in [0.5, 0.6) is 0 Å². The van der Waals surface area contributed by atoms with Crippen LogP contribution in [0.1, 0.15) is 26.2 Å². The zero-order valence-corrected chi connectivity index (χ0v) is 9.92. The molecule has 1 saturated carbocycles. The van der Waals surface area contributed by atoms with Gasteiger partial charge >= 0.3 is 0 Å². The fraction of sp³-hybridized carbons (Fsp3) is 0.545. The van der Waals surface area contributed by atoms with Gasteiger partial charge < -0.3 is 5.32 Å². The molecule has 1 aliphatic rings. The molecule has 0 spiro atoms. The summed E-state index contributed by atoms with van der Waals surface area (Å²) in [6.07, 6.45) is 7.61. The lowest BCUT2D eigenvalue weighted by Crippen LogP contribution is -2.15. The Bertz CT molecular complexity index is 314. The third-order valence-electron chi connectivity index (χ3n) is 2.77. The third-order valence-corrected chi connectivity index (χ3v) is 3.20. The first-order valence-corrected chi connectivity index (χ1v) is 5.90. The Morgan fingerprint density at radius 3 is 2.93 bits per heavy atom. The van der Waals surface area contributed by atoms with Crippen LogP contribution in [0.4, 0.5) is 5.69 Å². The molecule has 0 saturated heterocycles. The van der Waals surface area contributed by atoms with Crippen molar-refractivity contribution in [2.24, 2.45) is 5.92 Å². The number of hydrogen-bond donors (Lipinski definition) is 1. The van der Waals surface area contributed by atoms with Crippen LogP contribution in [0, 0.1) is 5.92 Å². The van der Waals surface area contributed by atoms with Gasteiger partial charge in [0.05, 0.1) is 11.9 Å². The molecule has 0 amide bonds. The lowest BCUT2D eigenvalue weighted by Gasteiger charge is -2.13. The van der Waals surface area contributed by atoms with Gasteiger partial charge in [-0.05, 0) is 47.2 Å². The van der Waals surface area contributed by atoms with E-state index in [0.29, 0.717) is 6.04 Å². The van der Waals surface area contributed by atoms with E-state index in [4.69, 9.17) is 0 Å². The molecule has 76 valence electrons. The van der Waals surface area contributed by atoms with Gasteiger partial charge in [-0.3, -0.25) is 4.98 Å². The van der Waals surface area contributed by atoms with E-state index in [1.165, 1.54) is 19.3 Å². The van der Waals surface area contributed by atoms with Crippen molar-refractivity contribution in [3.8, 4) is 0 Å². The molecular formula is C11H15BrN2. The summed E-state index contributed by atoms with van der Waals surface area (Å²) in [6, 6.07) is 2.72.